The zero-order valence-electron chi connectivity index (χ0n) is 10.0. The number of hydrogen-bond donors (Lipinski definition) is 0. The van der Waals surface area contributed by atoms with Gasteiger partial charge in [-0.1, -0.05) is 0 Å². The van der Waals surface area contributed by atoms with Gasteiger partial charge in [-0.3, -0.25) is 0 Å². The van der Waals surface area contributed by atoms with Gasteiger partial charge in [-0.2, -0.15) is 9.97 Å². The average Bonchev–Trinajstić information content (AvgIpc) is 2.35. The van der Waals surface area contributed by atoms with E-state index in [0.29, 0.717) is 0 Å². The number of aromatic nitrogens is 2. The normalized spacial score (nSPS) is 12.2. The van der Waals surface area contributed by atoms with Crippen LogP contribution in [0.15, 0.2) is 11.2 Å². The van der Waals surface area contributed by atoms with Crippen LogP contribution in [0.2, 0.25) is 0 Å². The molecule has 1 rings (SSSR count). The van der Waals surface area contributed by atoms with Crippen LogP contribution in [0.25, 0.3) is 0 Å². The average molecular weight is 331 g/mol. The summed E-state index contributed by atoms with van der Waals surface area (Å²) in [7, 11) is -0.379. The van der Waals surface area contributed by atoms with E-state index in [4.69, 9.17) is 20.2 Å². The SMILES string of the molecule is COc1cc(OC)nc(S(=O)(=O)CCS(=O)(=O)Cl)n1. The second-order valence-corrected chi connectivity index (χ2v) is 8.20. The third-order valence-corrected chi connectivity index (χ3v) is 4.84. The summed E-state index contributed by atoms with van der Waals surface area (Å²) >= 11 is 0. The van der Waals surface area contributed by atoms with E-state index in [1.807, 2.05) is 0 Å². The minimum atomic E-state index is -4.00. The monoisotopic (exact) mass is 330 g/mol. The summed E-state index contributed by atoms with van der Waals surface area (Å²) in [6, 6.07) is 1.29. The molecule has 0 radical (unpaired) electrons. The van der Waals surface area contributed by atoms with Crippen LogP contribution in [-0.4, -0.2) is 52.5 Å². The summed E-state index contributed by atoms with van der Waals surface area (Å²) in [5.74, 6) is -1.49. The predicted molar refractivity (Wildman–Crippen MR) is 66.8 cm³/mol. The Labute approximate surface area is 115 Å². The topological polar surface area (TPSA) is 113 Å². The van der Waals surface area contributed by atoms with Gasteiger partial charge in [0.25, 0.3) is 5.16 Å². The first-order valence-electron chi connectivity index (χ1n) is 4.80. The summed E-state index contributed by atoms with van der Waals surface area (Å²) in [6.45, 7) is 0. The summed E-state index contributed by atoms with van der Waals surface area (Å²) in [4.78, 5) is 7.27. The van der Waals surface area contributed by atoms with Crippen molar-refractivity contribution in [3.63, 3.8) is 0 Å². The van der Waals surface area contributed by atoms with Crippen molar-refractivity contribution in [3.8, 4) is 11.8 Å². The van der Waals surface area contributed by atoms with Crippen LogP contribution in [0.1, 0.15) is 0 Å². The van der Waals surface area contributed by atoms with Crippen molar-refractivity contribution >= 4 is 29.6 Å². The molecule has 0 saturated heterocycles. The standard InChI is InChI=1S/C8H11ClN2O6S2/c1-16-6-5-7(17-2)11-8(10-6)18(12,13)3-4-19(9,14)15/h5H,3-4H2,1-2H3. The van der Waals surface area contributed by atoms with E-state index in [9.17, 15) is 16.8 Å². The van der Waals surface area contributed by atoms with Crippen LogP contribution >= 0.6 is 10.7 Å². The molecule has 1 aromatic rings. The lowest BCUT2D eigenvalue weighted by molar-refractivity contribution is 0.362. The van der Waals surface area contributed by atoms with Gasteiger partial charge >= 0.3 is 0 Å². The molecule has 0 aromatic carbocycles. The largest absolute Gasteiger partial charge is 0.481 e. The highest BCUT2D eigenvalue weighted by molar-refractivity contribution is 8.14. The van der Waals surface area contributed by atoms with E-state index in [1.165, 1.54) is 20.3 Å². The van der Waals surface area contributed by atoms with Crippen molar-refractivity contribution in [1.29, 1.82) is 0 Å². The Balaban J connectivity index is 3.13. The van der Waals surface area contributed by atoms with Gasteiger partial charge in [-0.25, -0.2) is 16.8 Å². The van der Waals surface area contributed by atoms with E-state index in [2.05, 4.69) is 9.97 Å². The first-order valence-corrected chi connectivity index (χ1v) is 8.93. The van der Waals surface area contributed by atoms with E-state index in [0.717, 1.165) is 0 Å². The third-order valence-electron chi connectivity index (χ3n) is 1.95. The molecule has 1 aromatic heterocycles. The Morgan fingerprint density at radius 3 is 1.89 bits per heavy atom. The summed E-state index contributed by atoms with van der Waals surface area (Å²) in [5, 5.41) is -0.580. The highest BCUT2D eigenvalue weighted by Gasteiger charge is 2.23. The quantitative estimate of drug-likeness (QED) is 0.522. The van der Waals surface area contributed by atoms with Crippen LogP contribution in [0, 0.1) is 0 Å². The van der Waals surface area contributed by atoms with Crippen LogP contribution < -0.4 is 9.47 Å². The molecule has 0 amide bonds. The van der Waals surface area contributed by atoms with Gasteiger partial charge in [0, 0.05) is 10.7 Å². The highest BCUT2D eigenvalue weighted by Crippen LogP contribution is 2.18. The van der Waals surface area contributed by atoms with Crippen molar-refractivity contribution < 1.29 is 26.3 Å². The Hall–Kier alpha value is -1.13. The lowest BCUT2D eigenvalue weighted by atomic mass is 10.6. The molecule has 0 spiro atoms. The third kappa shape index (κ3) is 4.80. The molecule has 0 atom stereocenters. The molecule has 0 saturated carbocycles. The summed E-state index contributed by atoms with van der Waals surface area (Å²) < 4.78 is 54.8. The second-order valence-electron chi connectivity index (χ2n) is 3.30. The molecule has 1 heterocycles. The van der Waals surface area contributed by atoms with Gasteiger partial charge < -0.3 is 9.47 Å². The smallest absolute Gasteiger partial charge is 0.253 e. The van der Waals surface area contributed by atoms with Gasteiger partial charge in [0.05, 0.1) is 31.8 Å². The van der Waals surface area contributed by atoms with Crippen molar-refractivity contribution in [1.82, 2.24) is 9.97 Å². The molecule has 108 valence electrons. The molecule has 0 aliphatic heterocycles. The van der Waals surface area contributed by atoms with Crippen LogP contribution in [0.4, 0.5) is 0 Å². The van der Waals surface area contributed by atoms with Crippen LogP contribution in [0.5, 0.6) is 11.8 Å². The molecule has 0 bridgehead atoms. The molecule has 19 heavy (non-hydrogen) atoms. The highest BCUT2D eigenvalue weighted by atomic mass is 35.7. The number of rotatable bonds is 6. The number of methoxy groups -OCH3 is 2. The number of halogens is 1. The Kier molecular flexibility index (Phi) is 4.93. The zero-order valence-corrected chi connectivity index (χ0v) is 12.4. The molecule has 11 heteroatoms. The lowest BCUT2D eigenvalue weighted by Crippen LogP contribution is -2.17. The fourth-order valence-electron chi connectivity index (χ4n) is 1.03. The second kappa shape index (κ2) is 5.88. The lowest BCUT2D eigenvalue weighted by Gasteiger charge is -2.06. The zero-order chi connectivity index (χ0) is 14.7. The van der Waals surface area contributed by atoms with Gasteiger partial charge in [0.1, 0.15) is 0 Å². The number of ether oxygens (including phenoxy) is 2. The van der Waals surface area contributed by atoms with Crippen molar-refractivity contribution in [2.24, 2.45) is 0 Å². The van der Waals surface area contributed by atoms with Gasteiger partial charge in [-0.15, -0.1) is 0 Å². The minimum absolute atomic E-state index is 0.0147. The molecule has 0 unspecified atom stereocenters. The maximum absolute atomic E-state index is 11.9. The van der Waals surface area contributed by atoms with Gasteiger partial charge in [0.15, 0.2) is 0 Å². The fraction of sp³-hybridized carbons (Fsp3) is 0.500. The van der Waals surface area contributed by atoms with E-state index >= 15 is 0 Å². The predicted octanol–water partition coefficient (Wildman–Crippen LogP) is -0.164. The summed E-state index contributed by atoms with van der Waals surface area (Å²) in [6.07, 6.45) is 0. The van der Waals surface area contributed by atoms with Gasteiger partial charge in [0.2, 0.25) is 30.6 Å². The molecule has 0 aliphatic carbocycles. The molecular formula is C8H11ClN2O6S2. The number of sulfone groups is 1. The molecule has 0 N–H and O–H groups in total. The Bertz CT molecular complexity index is 636. The first kappa shape index (κ1) is 15.9. The maximum Gasteiger partial charge on any atom is 0.253 e. The summed E-state index contributed by atoms with van der Waals surface area (Å²) in [5.41, 5.74) is 0. The van der Waals surface area contributed by atoms with E-state index in [-0.39, 0.29) is 11.8 Å². The maximum atomic E-state index is 11.9. The number of hydrogen-bond acceptors (Lipinski definition) is 8. The van der Waals surface area contributed by atoms with Crippen molar-refractivity contribution in [3.05, 3.63) is 6.07 Å². The molecule has 0 aliphatic rings. The minimum Gasteiger partial charge on any atom is -0.481 e. The van der Waals surface area contributed by atoms with Gasteiger partial charge in [-0.05, 0) is 0 Å². The Morgan fingerprint density at radius 2 is 1.53 bits per heavy atom. The first-order chi connectivity index (χ1) is 8.68. The molecular weight excluding hydrogens is 320 g/mol. The van der Waals surface area contributed by atoms with Crippen molar-refractivity contribution in [2.75, 3.05) is 25.7 Å². The molecule has 8 nitrogen and oxygen atoms in total. The van der Waals surface area contributed by atoms with E-state index in [1.54, 1.807) is 0 Å². The number of nitrogens with zero attached hydrogens (tertiary/aromatic N) is 2. The van der Waals surface area contributed by atoms with Crippen molar-refractivity contribution in [2.45, 2.75) is 5.16 Å². The van der Waals surface area contributed by atoms with Crippen LogP contribution in [-0.2, 0) is 18.9 Å². The fourth-order valence-corrected chi connectivity index (χ4v) is 3.91. The Morgan fingerprint density at radius 1 is 1.05 bits per heavy atom. The molecule has 0 fully saturated rings. The van der Waals surface area contributed by atoms with Crippen LogP contribution in [0.3, 0.4) is 0 Å². The van der Waals surface area contributed by atoms with E-state index < -0.39 is 35.6 Å².